The van der Waals surface area contributed by atoms with E-state index < -0.39 is 11.4 Å². The van der Waals surface area contributed by atoms with Crippen LogP contribution in [0.2, 0.25) is 0 Å². The van der Waals surface area contributed by atoms with Gasteiger partial charge in [-0.1, -0.05) is 41.5 Å². The highest BCUT2D eigenvalue weighted by Crippen LogP contribution is 2.77. The summed E-state index contributed by atoms with van der Waals surface area (Å²) in [7, 11) is 0. The minimum atomic E-state index is -0.554. The number of fused-ring (bicyclic) bond motifs is 7. The third-order valence-electron chi connectivity index (χ3n) is 14.4. The maximum atomic E-state index is 13.0. The molecule has 5 saturated carbocycles. The number of aliphatic hydroxyl groups is 2. The molecule has 0 bridgehead atoms. The highest BCUT2D eigenvalue weighted by molar-refractivity contribution is 5.76. The second kappa shape index (κ2) is 9.20. The van der Waals surface area contributed by atoms with Crippen LogP contribution in [0.1, 0.15) is 106 Å². The van der Waals surface area contributed by atoms with Crippen LogP contribution >= 0.6 is 0 Å². The van der Waals surface area contributed by atoms with Crippen LogP contribution in [-0.2, 0) is 4.79 Å². The number of carboxylic acids is 1. The van der Waals surface area contributed by atoms with Crippen molar-refractivity contribution in [1.82, 2.24) is 5.32 Å². The Morgan fingerprint density at radius 2 is 1.62 bits per heavy atom. The van der Waals surface area contributed by atoms with Gasteiger partial charge in [-0.15, -0.1) is 0 Å². The molecule has 5 fully saturated rings. The number of nitrogens with one attached hydrogen (secondary N) is 1. The normalized spacial score (nSPS) is 51.4. The number of rotatable bonds is 6. The third-order valence-corrected chi connectivity index (χ3v) is 14.4. The Labute approximate surface area is 225 Å². The zero-order chi connectivity index (χ0) is 27.0. The van der Waals surface area contributed by atoms with Gasteiger partial charge in [0.15, 0.2) is 0 Å². The molecule has 0 spiro atoms. The number of aliphatic hydroxyl groups excluding tert-OH is 2. The van der Waals surface area contributed by atoms with Gasteiger partial charge < -0.3 is 20.6 Å². The largest absolute Gasteiger partial charge is 0.481 e. The lowest BCUT2D eigenvalue weighted by atomic mass is 9.32. The van der Waals surface area contributed by atoms with Gasteiger partial charge in [0.1, 0.15) is 0 Å². The molecule has 0 aliphatic heterocycles. The van der Waals surface area contributed by atoms with E-state index in [1.807, 2.05) is 0 Å². The lowest BCUT2D eigenvalue weighted by Crippen LogP contribution is -2.67. The molecular formula is C32H55NO4. The van der Waals surface area contributed by atoms with Gasteiger partial charge in [0.05, 0.1) is 18.1 Å². The molecule has 5 nitrogen and oxygen atoms in total. The van der Waals surface area contributed by atoms with Crippen LogP contribution < -0.4 is 5.32 Å². The molecular weight excluding hydrogens is 462 g/mol. The number of carbonyl (C=O) groups is 1. The van der Waals surface area contributed by atoms with Crippen molar-refractivity contribution in [1.29, 1.82) is 0 Å². The average Bonchev–Trinajstić information content (AvgIpc) is 3.23. The molecule has 11 atom stereocenters. The van der Waals surface area contributed by atoms with E-state index in [0.717, 1.165) is 51.5 Å². The van der Waals surface area contributed by atoms with E-state index in [-0.39, 0.29) is 40.3 Å². The van der Waals surface area contributed by atoms with Crippen molar-refractivity contribution in [2.75, 3.05) is 19.7 Å². The quantitative estimate of drug-likeness (QED) is 0.338. The fourth-order valence-corrected chi connectivity index (χ4v) is 12.2. The van der Waals surface area contributed by atoms with Gasteiger partial charge in [-0.25, -0.2) is 0 Å². The van der Waals surface area contributed by atoms with Crippen molar-refractivity contribution in [3.8, 4) is 0 Å². The van der Waals surface area contributed by atoms with Crippen molar-refractivity contribution in [3.05, 3.63) is 0 Å². The van der Waals surface area contributed by atoms with Crippen LogP contribution in [0.3, 0.4) is 0 Å². The van der Waals surface area contributed by atoms with Crippen LogP contribution in [0, 0.1) is 62.6 Å². The number of hydrogen-bond acceptors (Lipinski definition) is 4. The monoisotopic (exact) mass is 517 g/mol. The summed E-state index contributed by atoms with van der Waals surface area (Å²) in [6, 6.07) is 0. The van der Waals surface area contributed by atoms with E-state index in [4.69, 9.17) is 0 Å². The minimum Gasteiger partial charge on any atom is -0.481 e. The first kappa shape index (κ1) is 27.9. The zero-order valence-corrected chi connectivity index (χ0v) is 24.5. The Hall–Kier alpha value is -0.650. The van der Waals surface area contributed by atoms with Crippen molar-refractivity contribution in [3.63, 3.8) is 0 Å². The van der Waals surface area contributed by atoms with Crippen LogP contribution in [-0.4, -0.2) is 47.1 Å². The molecule has 212 valence electrons. The number of aliphatic carboxylic acids is 1. The fraction of sp³-hybridized carbons (Fsp3) is 0.969. The predicted molar refractivity (Wildman–Crippen MR) is 147 cm³/mol. The van der Waals surface area contributed by atoms with Gasteiger partial charge in [0, 0.05) is 6.54 Å². The van der Waals surface area contributed by atoms with Crippen LogP contribution in [0.25, 0.3) is 0 Å². The molecule has 0 saturated heterocycles. The van der Waals surface area contributed by atoms with E-state index >= 15 is 0 Å². The molecule has 5 aliphatic carbocycles. The fourth-order valence-electron chi connectivity index (χ4n) is 12.2. The lowest BCUT2D eigenvalue weighted by Gasteiger charge is -2.72. The van der Waals surface area contributed by atoms with Crippen LogP contribution in [0.4, 0.5) is 0 Å². The summed E-state index contributed by atoms with van der Waals surface area (Å²) < 4.78 is 0. The van der Waals surface area contributed by atoms with E-state index in [1.54, 1.807) is 0 Å². The van der Waals surface area contributed by atoms with Gasteiger partial charge >= 0.3 is 5.97 Å². The maximum Gasteiger partial charge on any atom is 0.309 e. The van der Waals surface area contributed by atoms with Crippen molar-refractivity contribution < 1.29 is 20.1 Å². The van der Waals surface area contributed by atoms with Gasteiger partial charge in [-0.3, -0.25) is 4.79 Å². The summed E-state index contributed by atoms with van der Waals surface area (Å²) in [5.74, 6) is 2.23. The third kappa shape index (κ3) is 3.68. The topological polar surface area (TPSA) is 89.8 Å². The molecule has 0 heterocycles. The summed E-state index contributed by atoms with van der Waals surface area (Å²) >= 11 is 0. The van der Waals surface area contributed by atoms with Gasteiger partial charge in [0.25, 0.3) is 0 Å². The molecule has 2 unspecified atom stereocenters. The highest BCUT2D eigenvalue weighted by atomic mass is 16.4. The molecule has 0 radical (unpaired) electrons. The number of carboxylic acid groups (broad SMARTS) is 1. The Morgan fingerprint density at radius 1 is 0.892 bits per heavy atom. The van der Waals surface area contributed by atoms with Crippen molar-refractivity contribution in [2.45, 2.75) is 112 Å². The summed E-state index contributed by atoms with van der Waals surface area (Å²) in [5.41, 5.74) is 0.0396. The van der Waals surface area contributed by atoms with E-state index in [9.17, 15) is 20.1 Å². The summed E-state index contributed by atoms with van der Waals surface area (Å²) in [6.07, 6.45) is 10.4. The minimum absolute atomic E-state index is 0.0370. The Balaban J connectivity index is 1.50. The Kier molecular flexibility index (Phi) is 6.93. The van der Waals surface area contributed by atoms with E-state index in [1.165, 1.54) is 19.3 Å². The molecule has 5 heteroatoms. The second-order valence-corrected chi connectivity index (χ2v) is 15.6. The molecule has 5 aliphatic rings. The first-order chi connectivity index (χ1) is 17.3. The second-order valence-electron chi connectivity index (χ2n) is 15.6. The summed E-state index contributed by atoms with van der Waals surface area (Å²) in [5, 5.41) is 34.3. The van der Waals surface area contributed by atoms with Crippen LogP contribution in [0.5, 0.6) is 0 Å². The molecule has 37 heavy (non-hydrogen) atoms. The van der Waals surface area contributed by atoms with Crippen molar-refractivity contribution in [2.24, 2.45) is 62.6 Å². The Bertz CT molecular complexity index is 890. The molecule has 0 amide bonds. The molecule has 0 aromatic heterocycles. The van der Waals surface area contributed by atoms with Crippen molar-refractivity contribution >= 4 is 5.97 Å². The molecule has 5 rings (SSSR count). The molecule has 4 N–H and O–H groups in total. The zero-order valence-electron chi connectivity index (χ0n) is 24.5. The Morgan fingerprint density at radius 3 is 2.30 bits per heavy atom. The lowest BCUT2D eigenvalue weighted by molar-refractivity contribution is -0.249. The summed E-state index contributed by atoms with van der Waals surface area (Å²) in [4.78, 5) is 13.0. The smallest absolute Gasteiger partial charge is 0.309 e. The van der Waals surface area contributed by atoms with E-state index in [0.29, 0.717) is 36.1 Å². The van der Waals surface area contributed by atoms with Gasteiger partial charge in [-0.2, -0.15) is 0 Å². The summed E-state index contributed by atoms with van der Waals surface area (Å²) in [6.45, 7) is 16.3. The number of hydrogen-bond donors (Lipinski definition) is 4. The predicted octanol–water partition coefficient (Wildman–Crippen LogP) is 5.73. The van der Waals surface area contributed by atoms with Crippen LogP contribution in [0.15, 0.2) is 0 Å². The first-order valence-corrected chi connectivity index (χ1v) is 15.5. The highest BCUT2D eigenvalue weighted by Gasteiger charge is 2.72. The van der Waals surface area contributed by atoms with Gasteiger partial charge in [-0.05, 0) is 128 Å². The average molecular weight is 518 g/mol. The SMILES string of the molecule is CC(CNCCO)[C@@H]1CC[C@]2(C(=O)O)CC[C@]3(C)C(CC[C@@H]4[C@@]5(C)CC[C@@H](O)C(C)(C)[C@@H]5CC[C@]43C)[C@H]12. The standard InChI is InChI=1S/C32H55NO4/c1-20(19-33-17-18-34)21-9-14-32(27(36)37)16-15-30(5)22(26(21)32)7-8-24-29(4)12-11-25(35)28(2,3)23(29)10-13-31(24,30)6/h20-26,33-35H,7-19H2,1-6H3,(H,36,37)/t20?,21-,22?,23-,24+,25+,26-,29-,30+,31+,32-/m0/s1. The van der Waals surface area contributed by atoms with Gasteiger partial charge in [0.2, 0.25) is 0 Å². The molecule has 0 aromatic carbocycles. The first-order valence-electron chi connectivity index (χ1n) is 15.5. The molecule has 0 aromatic rings. The van der Waals surface area contributed by atoms with E-state index in [2.05, 4.69) is 46.9 Å². The maximum absolute atomic E-state index is 13.0.